The molecule has 1 heterocycles. The fourth-order valence-electron chi connectivity index (χ4n) is 3.12. The van der Waals surface area contributed by atoms with Crippen molar-refractivity contribution in [2.45, 2.75) is 26.2 Å². The lowest BCUT2D eigenvalue weighted by atomic mass is 9.99. The monoisotopic (exact) mass is 323 g/mol. The molecule has 3 nitrogen and oxygen atoms in total. The number of hydrogen-bond acceptors (Lipinski definition) is 3. The molecule has 0 unspecified atom stereocenters. The lowest BCUT2D eigenvalue weighted by Gasteiger charge is -2.30. The summed E-state index contributed by atoms with van der Waals surface area (Å²) in [5, 5.41) is 0. The van der Waals surface area contributed by atoms with Gasteiger partial charge in [-0.15, -0.1) is 0 Å². The van der Waals surface area contributed by atoms with Crippen LogP contribution in [0.2, 0.25) is 0 Å². The van der Waals surface area contributed by atoms with E-state index in [1.807, 2.05) is 6.92 Å². The lowest BCUT2D eigenvalue weighted by Crippen LogP contribution is -2.36. The molecule has 0 aliphatic carbocycles. The Labute approximate surface area is 144 Å². The van der Waals surface area contributed by atoms with E-state index in [4.69, 9.17) is 4.74 Å². The van der Waals surface area contributed by atoms with Crippen molar-refractivity contribution in [1.29, 1.82) is 0 Å². The summed E-state index contributed by atoms with van der Waals surface area (Å²) < 4.78 is 5.46. The van der Waals surface area contributed by atoms with Crippen molar-refractivity contribution in [2.75, 3.05) is 31.2 Å². The number of benzene rings is 2. The van der Waals surface area contributed by atoms with Gasteiger partial charge in [-0.3, -0.25) is 4.79 Å². The van der Waals surface area contributed by atoms with E-state index in [1.165, 1.54) is 16.8 Å². The minimum Gasteiger partial charge on any atom is -0.378 e. The van der Waals surface area contributed by atoms with E-state index >= 15 is 0 Å². The predicted octanol–water partition coefficient (Wildman–Crippen LogP) is 3.64. The molecule has 24 heavy (non-hydrogen) atoms. The molecule has 1 saturated heterocycles. The molecule has 2 aromatic carbocycles. The fraction of sp³-hybridized carbons (Fsp3) is 0.381. The summed E-state index contributed by atoms with van der Waals surface area (Å²) in [6.07, 6.45) is 2.06. The van der Waals surface area contributed by atoms with Gasteiger partial charge in [-0.1, -0.05) is 49.4 Å². The molecule has 0 atom stereocenters. The number of nitrogens with zero attached hydrogens (tertiary/aromatic N) is 1. The molecular formula is C21H25NO2. The van der Waals surface area contributed by atoms with Gasteiger partial charge in [0, 0.05) is 31.6 Å². The minimum atomic E-state index is 0.292. The zero-order valence-electron chi connectivity index (χ0n) is 14.3. The first kappa shape index (κ1) is 16.7. The highest BCUT2D eigenvalue weighted by Crippen LogP contribution is 2.24. The Kier molecular flexibility index (Phi) is 5.65. The van der Waals surface area contributed by atoms with Crippen LogP contribution in [-0.2, 0) is 22.4 Å². The number of carbonyl (C=O) groups is 1. The van der Waals surface area contributed by atoms with Crippen LogP contribution in [0, 0.1) is 0 Å². The van der Waals surface area contributed by atoms with Crippen LogP contribution >= 0.6 is 0 Å². The third kappa shape index (κ3) is 4.24. The number of para-hydroxylation sites is 1. The molecule has 1 aliphatic rings. The van der Waals surface area contributed by atoms with Crippen LogP contribution < -0.4 is 4.90 Å². The lowest BCUT2D eigenvalue weighted by molar-refractivity contribution is -0.118. The Morgan fingerprint density at radius 3 is 2.38 bits per heavy atom. The molecule has 0 N–H and O–H groups in total. The number of ether oxygens (including phenoxy) is 1. The molecule has 0 spiro atoms. The second-order valence-corrected chi connectivity index (χ2v) is 6.29. The molecular weight excluding hydrogens is 298 g/mol. The van der Waals surface area contributed by atoms with Crippen LogP contribution in [-0.4, -0.2) is 32.1 Å². The second kappa shape index (κ2) is 8.11. The van der Waals surface area contributed by atoms with Crippen molar-refractivity contribution in [3.05, 3.63) is 65.2 Å². The van der Waals surface area contributed by atoms with Crippen molar-refractivity contribution in [3.63, 3.8) is 0 Å². The van der Waals surface area contributed by atoms with E-state index in [2.05, 4.69) is 53.4 Å². The molecule has 0 aromatic heterocycles. The molecule has 0 bridgehead atoms. The maximum atomic E-state index is 11.6. The Hall–Kier alpha value is -2.13. The van der Waals surface area contributed by atoms with Gasteiger partial charge in [0.1, 0.15) is 5.78 Å². The van der Waals surface area contributed by atoms with Gasteiger partial charge in [0.05, 0.1) is 13.2 Å². The largest absolute Gasteiger partial charge is 0.378 e. The average Bonchev–Trinajstić information content (AvgIpc) is 2.64. The Morgan fingerprint density at radius 1 is 1.00 bits per heavy atom. The Balaban J connectivity index is 1.72. The molecule has 3 heteroatoms. The number of ketones is 1. The van der Waals surface area contributed by atoms with E-state index in [0.29, 0.717) is 18.6 Å². The van der Waals surface area contributed by atoms with Gasteiger partial charge in [-0.25, -0.2) is 0 Å². The van der Waals surface area contributed by atoms with E-state index in [0.717, 1.165) is 38.3 Å². The first-order chi connectivity index (χ1) is 11.8. The normalized spacial score (nSPS) is 14.6. The molecule has 3 rings (SSSR count). The number of carbonyl (C=O) groups excluding carboxylic acids is 1. The number of rotatable bonds is 6. The number of anilines is 1. The summed E-state index contributed by atoms with van der Waals surface area (Å²) in [6, 6.07) is 17.1. The maximum Gasteiger partial charge on any atom is 0.136 e. The van der Waals surface area contributed by atoms with Gasteiger partial charge >= 0.3 is 0 Å². The second-order valence-electron chi connectivity index (χ2n) is 6.29. The van der Waals surface area contributed by atoms with Crippen LogP contribution in [0.15, 0.2) is 48.5 Å². The van der Waals surface area contributed by atoms with E-state index in [-0.39, 0.29) is 0 Å². The number of hydrogen-bond donors (Lipinski definition) is 0. The van der Waals surface area contributed by atoms with E-state index in [1.54, 1.807) is 0 Å². The van der Waals surface area contributed by atoms with Crippen LogP contribution in [0.3, 0.4) is 0 Å². The average molecular weight is 323 g/mol. The summed E-state index contributed by atoms with van der Waals surface area (Å²) >= 11 is 0. The maximum absolute atomic E-state index is 11.6. The third-order valence-corrected chi connectivity index (χ3v) is 4.56. The Morgan fingerprint density at radius 2 is 1.67 bits per heavy atom. The van der Waals surface area contributed by atoms with Crippen LogP contribution in [0.5, 0.6) is 0 Å². The zero-order valence-corrected chi connectivity index (χ0v) is 14.3. The quantitative estimate of drug-likeness (QED) is 0.813. The van der Waals surface area contributed by atoms with Crippen molar-refractivity contribution in [2.24, 2.45) is 0 Å². The number of morpholine rings is 1. The smallest absolute Gasteiger partial charge is 0.136 e. The topological polar surface area (TPSA) is 29.5 Å². The SMILES string of the molecule is CCC(=O)Cc1ccc(Cc2ccccc2N2CCOCC2)cc1. The first-order valence-electron chi connectivity index (χ1n) is 8.76. The highest BCUT2D eigenvalue weighted by Gasteiger charge is 2.14. The number of Topliss-reactive ketones (excluding diaryl/α,β-unsaturated/α-hetero) is 1. The molecule has 0 amide bonds. The molecule has 0 radical (unpaired) electrons. The predicted molar refractivity (Wildman–Crippen MR) is 97.7 cm³/mol. The standard InChI is InChI=1S/C21H25NO2/c1-2-20(23)16-18-9-7-17(8-10-18)15-19-5-3-4-6-21(19)22-11-13-24-14-12-22/h3-10H,2,11-16H2,1H3. The van der Waals surface area contributed by atoms with Crippen molar-refractivity contribution >= 4 is 11.5 Å². The van der Waals surface area contributed by atoms with Gasteiger partial charge in [-0.2, -0.15) is 0 Å². The molecule has 0 saturated carbocycles. The van der Waals surface area contributed by atoms with Gasteiger partial charge in [0.25, 0.3) is 0 Å². The summed E-state index contributed by atoms with van der Waals surface area (Å²) in [5.74, 6) is 0.292. The first-order valence-corrected chi connectivity index (χ1v) is 8.76. The van der Waals surface area contributed by atoms with Gasteiger partial charge in [-0.05, 0) is 29.2 Å². The Bertz CT molecular complexity index is 672. The van der Waals surface area contributed by atoms with Gasteiger partial charge < -0.3 is 9.64 Å². The molecule has 1 fully saturated rings. The van der Waals surface area contributed by atoms with Gasteiger partial charge in [0.15, 0.2) is 0 Å². The molecule has 126 valence electrons. The third-order valence-electron chi connectivity index (χ3n) is 4.56. The van der Waals surface area contributed by atoms with Crippen LogP contribution in [0.1, 0.15) is 30.0 Å². The molecule has 2 aromatic rings. The molecule has 1 aliphatic heterocycles. The summed E-state index contributed by atoms with van der Waals surface area (Å²) in [4.78, 5) is 14.0. The van der Waals surface area contributed by atoms with Crippen molar-refractivity contribution in [3.8, 4) is 0 Å². The van der Waals surface area contributed by atoms with E-state index < -0.39 is 0 Å². The van der Waals surface area contributed by atoms with Crippen LogP contribution in [0.4, 0.5) is 5.69 Å². The highest BCUT2D eigenvalue weighted by atomic mass is 16.5. The van der Waals surface area contributed by atoms with Crippen molar-refractivity contribution < 1.29 is 9.53 Å². The fourth-order valence-corrected chi connectivity index (χ4v) is 3.12. The van der Waals surface area contributed by atoms with E-state index in [9.17, 15) is 4.79 Å². The highest BCUT2D eigenvalue weighted by molar-refractivity contribution is 5.80. The summed E-state index contributed by atoms with van der Waals surface area (Å²) in [5.41, 5.74) is 5.04. The van der Waals surface area contributed by atoms with Gasteiger partial charge in [0.2, 0.25) is 0 Å². The summed E-state index contributed by atoms with van der Waals surface area (Å²) in [7, 11) is 0. The summed E-state index contributed by atoms with van der Waals surface area (Å²) in [6.45, 7) is 5.42. The van der Waals surface area contributed by atoms with Crippen molar-refractivity contribution in [1.82, 2.24) is 0 Å². The van der Waals surface area contributed by atoms with Crippen LogP contribution in [0.25, 0.3) is 0 Å². The zero-order chi connectivity index (χ0) is 16.8. The minimum absolute atomic E-state index is 0.292.